The van der Waals surface area contributed by atoms with Gasteiger partial charge in [0.1, 0.15) is 58.0 Å². The zero-order chi connectivity index (χ0) is 36.5. The number of carbonyl (C=O) groups is 2. The SMILES string of the molecule is N#Cc1c(F)cc(-c2c(F)cc(-c3ccc(OC(=O)CCCCCCCC(=O)Oc4ccc(-c5ccc(F)cc5)c(F)c4)cc3)cc2F)cc1F. The molecule has 0 aliphatic heterocycles. The molecule has 5 nitrogen and oxygen atoms in total. The first-order chi connectivity index (χ1) is 24.5. The van der Waals surface area contributed by atoms with Gasteiger partial charge < -0.3 is 9.47 Å². The first-order valence-corrected chi connectivity index (χ1v) is 16.0. The highest BCUT2D eigenvalue weighted by Gasteiger charge is 2.19. The van der Waals surface area contributed by atoms with Crippen molar-refractivity contribution in [2.75, 3.05) is 0 Å². The predicted octanol–water partition coefficient (Wildman–Crippen LogP) is 10.6. The molecule has 0 saturated heterocycles. The summed E-state index contributed by atoms with van der Waals surface area (Å²) in [7, 11) is 0. The molecule has 0 aliphatic carbocycles. The average molecular weight is 702 g/mol. The third-order valence-corrected chi connectivity index (χ3v) is 7.99. The smallest absolute Gasteiger partial charge is 0.311 e. The summed E-state index contributed by atoms with van der Waals surface area (Å²) < 4.78 is 96.2. The Balaban J connectivity index is 1.01. The van der Waals surface area contributed by atoms with Crippen molar-refractivity contribution in [3.63, 3.8) is 0 Å². The molecule has 5 aromatic rings. The topological polar surface area (TPSA) is 76.4 Å². The molecule has 0 spiro atoms. The van der Waals surface area contributed by atoms with Crippen molar-refractivity contribution >= 4 is 11.9 Å². The molecule has 0 fully saturated rings. The van der Waals surface area contributed by atoms with Crippen LogP contribution >= 0.6 is 0 Å². The van der Waals surface area contributed by atoms with Gasteiger partial charge in [-0.15, -0.1) is 0 Å². The van der Waals surface area contributed by atoms with E-state index in [1.807, 2.05) is 0 Å². The molecule has 11 heteroatoms. The molecule has 5 rings (SSSR count). The zero-order valence-electron chi connectivity index (χ0n) is 27.0. The zero-order valence-corrected chi connectivity index (χ0v) is 27.0. The second kappa shape index (κ2) is 16.7. The minimum atomic E-state index is -1.24. The van der Waals surface area contributed by atoms with E-state index in [0.29, 0.717) is 48.9 Å². The number of nitriles is 1. The second-order valence-electron chi connectivity index (χ2n) is 11.6. The number of hydrogen-bond acceptors (Lipinski definition) is 5. The highest BCUT2D eigenvalue weighted by atomic mass is 19.2. The van der Waals surface area contributed by atoms with Gasteiger partial charge >= 0.3 is 11.9 Å². The van der Waals surface area contributed by atoms with E-state index < -0.39 is 63.5 Å². The fourth-order valence-electron chi connectivity index (χ4n) is 5.41. The summed E-state index contributed by atoms with van der Waals surface area (Å²) in [5, 5.41) is 8.83. The molecule has 0 unspecified atom stereocenters. The van der Waals surface area contributed by atoms with Crippen molar-refractivity contribution < 1.29 is 45.4 Å². The van der Waals surface area contributed by atoms with Crippen LogP contribution in [0.2, 0.25) is 0 Å². The lowest BCUT2D eigenvalue weighted by Crippen LogP contribution is -2.08. The van der Waals surface area contributed by atoms with E-state index in [2.05, 4.69) is 0 Å². The van der Waals surface area contributed by atoms with Crippen molar-refractivity contribution in [3.8, 4) is 50.9 Å². The lowest BCUT2D eigenvalue weighted by Gasteiger charge is -2.11. The first-order valence-electron chi connectivity index (χ1n) is 16.0. The van der Waals surface area contributed by atoms with Crippen LogP contribution in [-0.2, 0) is 9.59 Å². The summed E-state index contributed by atoms with van der Waals surface area (Å²) in [6.45, 7) is 0. The number of benzene rings is 5. The van der Waals surface area contributed by atoms with Crippen LogP contribution in [0.3, 0.4) is 0 Å². The Labute approximate surface area is 289 Å². The highest BCUT2D eigenvalue weighted by Crippen LogP contribution is 2.33. The van der Waals surface area contributed by atoms with Gasteiger partial charge in [0.25, 0.3) is 0 Å². The summed E-state index contributed by atoms with van der Waals surface area (Å²) in [6, 6.07) is 20.1. The summed E-state index contributed by atoms with van der Waals surface area (Å²) >= 11 is 0. The van der Waals surface area contributed by atoms with Gasteiger partial charge in [-0.05, 0) is 95.8 Å². The number of halogens is 6. The first kappa shape index (κ1) is 36.4. The molecule has 0 saturated carbocycles. The number of unbranched alkanes of at least 4 members (excludes halogenated alkanes) is 4. The Morgan fingerprint density at radius 1 is 0.510 bits per heavy atom. The molecule has 260 valence electrons. The molecule has 51 heavy (non-hydrogen) atoms. The monoisotopic (exact) mass is 701 g/mol. The summed E-state index contributed by atoms with van der Waals surface area (Å²) in [5.41, 5.74) is -0.598. The van der Waals surface area contributed by atoms with E-state index in [1.54, 1.807) is 0 Å². The van der Waals surface area contributed by atoms with Crippen molar-refractivity contribution in [2.45, 2.75) is 44.9 Å². The Morgan fingerprint density at radius 2 is 1.00 bits per heavy atom. The van der Waals surface area contributed by atoms with Crippen LogP contribution in [-0.4, -0.2) is 11.9 Å². The number of esters is 2. The van der Waals surface area contributed by atoms with E-state index in [-0.39, 0.29) is 35.5 Å². The van der Waals surface area contributed by atoms with Gasteiger partial charge in [0.15, 0.2) is 0 Å². The van der Waals surface area contributed by atoms with Crippen molar-refractivity contribution in [1.82, 2.24) is 0 Å². The van der Waals surface area contributed by atoms with E-state index in [1.165, 1.54) is 66.7 Å². The van der Waals surface area contributed by atoms with Crippen LogP contribution in [0.25, 0.3) is 33.4 Å². The molecule has 0 heterocycles. The third-order valence-electron chi connectivity index (χ3n) is 7.99. The summed E-state index contributed by atoms with van der Waals surface area (Å²) in [4.78, 5) is 24.5. The predicted molar refractivity (Wildman–Crippen MR) is 177 cm³/mol. The standard InChI is InChI=1S/C40H29F6NO4/c41-28-12-8-25(9-13-28)31-17-16-30(22-35(31)44)51-39(49)7-5-3-1-2-4-6-38(48)50-29-14-10-24(11-15-29)26-18-36(45)40(37(46)19-26)27-20-33(42)32(23-47)34(43)21-27/h8-22H,1-7H2. The number of hydrogen-bond donors (Lipinski definition) is 0. The lowest BCUT2D eigenvalue weighted by molar-refractivity contribution is -0.135. The van der Waals surface area contributed by atoms with Crippen LogP contribution in [0.1, 0.15) is 50.5 Å². The molecule has 0 amide bonds. The number of ether oxygens (including phenoxy) is 2. The molecular formula is C40H29F6NO4. The molecule has 0 radical (unpaired) electrons. The third kappa shape index (κ3) is 9.42. The molecular weight excluding hydrogens is 672 g/mol. The maximum absolute atomic E-state index is 14.9. The van der Waals surface area contributed by atoms with Gasteiger partial charge in [0.2, 0.25) is 0 Å². The number of nitrogens with zero attached hydrogens (tertiary/aromatic N) is 1. The van der Waals surface area contributed by atoms with Gasteiger partial charge in [-0.2, -0.15) is 5.26 Å². The summed E-state index contributed by atoms with van der Waals surface area (Å²) in [5.74, 6) is -6.28. The molecule has 0 aromatic heterocycles. The Morgan fingerprint density at radius 3 is 1.55 bits per heavy atom. The molecule has 0 aliphatic rings. The lowest BCUT2D eigenvalue weighted by atomic mass is 9.97. The van der Waals surface area contributed by atoms with Gasteiger partial charge in [-0.3, -0.25) is 9.59 Å². The molecule has 0 N–H and O–H groups in total. The quantitative estimate of drug-likeness (QED) is 0.0529. The van der Waals surface area contributed by atoms with Crippen LogP contribution in [0.5, 0.6) is 11.5 Å². The number of carbonyl (C=O) groups excluding carboxylic acids is 2. The molecule has 0 bridgehead atoms. The van der Waals surface area contributed by atoms with Crippen molar-refractivity contribution in [2.24, 2.45) is 0 Å². The highest BCUT2D eigenvalue weighted by molar-refractivity contribution is 5.75. The Hall–Kier alpha value is -5.89. The van der Waals surface area contributed by atoms with Crippen molar-refractivity contribution in [1.29, 1.82) is 5.26 Å². The van der Waals surface area contributed by atoms with Crippen LogP contribution in [0.4, 0.5) is 26.3 Å². The summed E-state index contributed by atoms with van der Waals surface area (Å²) in [6.07, 6.45) is 3.59. The van der Waals surface area contributed by atoms with Crippen LogP contribution in [0.15, 0.2) is 91.0 Å². The maximum atomic E-state index is 14.9. The van der Waals surface area contributed by atoms with Gasteiger partial charge in [-0.1, -0.05) is 43.5 Å². The van der Waals surface area contributed by atoms with Crippen molar-refractivity contribution in [3.05, 3.63) is 131 Å². The van der Waals surface area contributed by atoms with Gasteiger partial charge in [0.05, 0.1) is 5.56 Å². The molecule has 0 atom stereocenters. The van der Waals surface area contributed by atoms with Crippen LogP contribution in [0, 0.1) is 46.2 Å². The average Bonchev–Trinajstić information content (AvgIpc) is 3.08. The largest absolute Gasteiger partial charge is 0.427 e. The Kier molecular flexibility index (Phi) is 11.9. The fourth-order valence-corrected chi connectivity index (χ4v) is 5.41. The van der Waals surface area contributed by atoms with E-state index in [9.17, 15) is 35.9 Å². The van der Waals surface area contributed by atoms with E-state index in [0.717, 1.165) is 24.6 Å². The van der Waals surface area contributed by atoms with Gasteiger partial charge in [-0.25, -0.2) is 26.3 Å². The molecule has 5 aromatic carbocycles. The minimum absolute atomic E-state index is 0.0756. The van der Waals surface area contributed by atoms with Gasteiger partial charge in [0, 0.05) is 24.5 Å². The van der Waals surface area contributed by atoms with E-state index in [4.69, 9.17) is 14.7 Å². The minimum Gasteiger partial charge on any atom is -0.427 e. The second-order valence-corrected chi connectivity index (χ2v) is 11.6. The fraction of sp³-hybridized carbons (Fsp3) is 0.175. The maximum Gasteiger partial charge on any atom is 0.311 e. The normalized spacial score (nSPS) is 10.8. The van der Waals surface area contributed by atoms with E-state index >= 15 is 0 Å². The van der Waals surface area contributed by atoms with Crippen LogP contribution < -0.4 is 9.47 Å². The number of rotatable bonds is 13. The Bertz CT molecular complexity index is 2050.